The Kier molecular flexibility index (Phi) is 2.02. The first-order chi connectivity index (χ1) is 4.43. The van der Waals surface area contributed by atoms with Crippen molar-refractivity contribution in [3.8, 4) is 0 Å². The van der Waals surface area contributed by atoms with Crippen LogP contribution in [-0.2, 0) is 6.42 Å². The summed E-state index contributed by atoms with van der Waals surface area (Å²) in [5, 5.41) is 0. The molecule has 1 heteroatoms. The van der Waals surface area contributed by atoms with Gasteiger partial charge >= 0.3 is 0 Å². The molecule has 0 aliphatic rings. The number of pyridine rings is 1. The van der Waals surface area contributed by atoms with Crippen LogP contribution in [0.5, 0.6) is 0 Å². The number of hydrogen-bond donors (Lipinski definition) is 0. The smallest absolute Gasteiger partial charge is 0.0303 e. The second kappa shape index (κ2) is 3.02. The second-order valence-electron chi connectivity index (χ2n) is 1.85. The molecule has 0 amide bonds. The summed E-state index contributed by atoms with van der Waals surface area (Å²) >= 11 is 0. The third-order valence-corrected chi connectivity index (χ3v) is 1.10. The summed E-state index contributed by atoms with van der Waals surface area (Å²) in [5.41, 5.74) is 1.22. The highest BCUT2D eigenvalue weighted by atomic mass is 14.6. The highest BCUT2D eigenvalue weighted by Gasteiger charge is 1.83. The molecule has 0 fully saturated rings. The number of nitrogens with zero attached hydrogens (tertiary/aromatic N) is 1. The summed E-state index contributed by atoms with van der Waals surface area (Å²) in [7, 11) is 0. The van der Waals surface area contributed by atoms with E-state index in [1.54, 1.807) is 6.20 Å². The average Bonchev–Trinajstić information content (AvgIpc) is 1.91. The fraction of sp³-hybridized carbons (Fsp3) is 0.125. The highest BCUT2D eigenvalue weighted by Crippen LogP contribution is 1.95. The lowest BCUT2D eigenvalue weighted by Gasteiger charge is -1.90. The SMILES string of the molecule is C=CCc1cccnc1. The fourth-order valence-corrected chi connectivity index (χ4v) is 0.686. The molecule has 0 aliphatic heterocycles. The molecule has 0 spiro atoms. The van der Waals surface area contributed by atoms with E-state index in [1.807, 2.05) is 24.4 Å². The van der Waals surface area contributed by atoms with E-state index in [-0.39, 0.29) is 0 Å². The summed E-state index contributed by atoms with van der Waals surface area (Å²) in [6.07, 6.45) is 6.40. The number of rotatable bonds is 2. The molecule has 1 aromatic heterocycles. The molecule has 0 aliphatic carbocycles. The number of allylic oxidation sites excluding steroid dienone is 1. The summed E-state index contributed by atoms with van der Waals surface area (Å²) in [5.74, 6) is 0. The predicted molar refractivity (Wildman–Crippen MR) is 38.1 cm³/mol. The van der Waals surface area contributed by atoms with Crippen LogP contribution in [-0.4, -0.2) is 4.98 Å². The van der Waals surface area contributed by atoms with E-state index < -0.39 is 0 Å². The number of aromatic nitrogens is 1. The van der Waals surface area contributed by atoms with Gasteiger partial charge in [-0.2, -0.15) is 0 Å². The molecule has 46 valence electrons. The van der Waals surface area contributed by atoms with Crippen molar-refractivity contribution in [2.75, 3.05) is 0 Å². The van der Waals surface area contributed by atoms with Crippen LogP contribution in [0.2, 0.25) is 0 Å². The van der Waals surface area contributed by atoms with Gasteiger partial charge in [-0.3, -0.25) is 4.98 Å². The molecule has 0 radical (unpaired) electrons. The Labute approximate surface area is 55.1 Å². The molecule has 1 heterocycles. The Balaban J connectivity index is 2.72. The van der Waals surface area contributed by atoms with Crippen molar-refractivity contribution in [3.63, 3.8) is 0 Å². The minimum atomic E-state index is 0.911. The maximum absolute atomic E-state index is 3.96. The molecule has 0 N–H and O–H groups in total. The van der Waals surface area contributed by atoms with Crippen molar-refractivity contribution in [1.82, 2.24) is 4.98 Å². The molecule has 0 saturated carbocycles. The molecule has 0 atom stereocenters. The van der Waals surface area contributed by atoms with Gasteiger partial charge < -0.3 is 0 Å². The van der Waals surface area contributed by atoms with Crippen molar-refractivity contribution in [3.05, 3.63) is 42.7 Å². The molecule has 0 aromatic carbocycles. The first-order valence-corrected chi connectivity index (χ1v) is 2.93. The fourth-order valence-electron chi connectivity index (χ4n) is 0.686. The van der Waals surface area contributed by atoms with Gasteiger partial charge in [0, 0.05) is 12.4 Å². The van der Waals surface area contributed by atoms with E-state index in [0.29, 0.717) is 0 Å². The Morgan fingerprint density at radius 3 is 3.11 bits per heavy atom. The standard InChI is InChI=1S/C8H9N/c1-2-4-8-5-3-6-9-7-8/h2-3,5-7H,1,4H2. The van der Waals surface area contributed by atoms with Crippen molar-refractivity contribution in [2.24, 2.45) is 0 Å². The summed E-state index contributed by atoms with van der Waals surface area (Å²) in [6, 6.07) is 3.97. The van der Waals surface area contributed by atoms with E-state index >= 15 is 0 Å². The van der Waals surface area contributed by atoms with E-state index in [0.717, 1.165) is 6.42 Å². The minimum absolute atomic E-state index is 0.911. The van der Waals surface area contributed by atoms with E-state index in [2.05, 4.69) is 11.6 Å². The van der Waals surface area contributed by atoms with Gasteiger partial charge in [-0.15, -0.1) is 6.58 Å². The third kappa shape index (κ3) is 1.68. The van der Waals surface area contributed by atoms with Gasteiger partial charge in [-0.25, -0.2) is 0 Å². The summed E-state index contributed by atoms with van der Waals surface area (Å²) in [4.78, 5) is 3.96. The molecule has 0 saturated heterocycles. The monoisotopic (exact) mass is 119 g/mol. The molecule has 0 bridgehead atoms. The van der Waals surface area contributed by atoms with Crippen LogP contribution in [0.15, 0.2) is 37.2 Å². The van der Waals surface area contributed by atoms with Gasteiger partial charge in [0.15, 0.2) is 0 Å². The van der Waals surface area contributed by atoms with Gasteiger partial charge in [0.05, 0.1) is 0 Å². The molecular formula is C8H9N. The van der Waals surface area contributed by atoms with Gasteiger partial charge in [-0.1, -0.05) is 12.1 Å². The maximum Gasteiger partial charge on any atom is 0.0303 e. The molecule has 1 nitrogen and oxygen atoms in total. The normalized spacial score (nSPS) is 8.89. The molecule has 1 aromatic rings. The minimum Gasteiger partial charge on any atom is -0.264 e. The summed E-state index contributed by atoms with van der Waals surface area (Å²) < 4.78 is 0. The Hall–Kier alpha value is -1.11. The Bertz CT molecular complexity index is 179. The predicted octanol–water partition coefficient (Wildman–Crippen LogP) is 1.81. The van der Waals surface area contributed by atoms with E-state index in [1.165, 1.54) is 5.56 Å². The zero-order chi connectivity index (χ0) is 6.53. The van der Waals surface area contributed by atoms with Gasteiger partial charge in [0.1, 0.15) is 0 Å². The Morgan fingerprint density at radius 1 is 1.67 bits per heavy atom. The third-order valence-electron chi connectivity index (χ3n) is 1.10. The lowest BCUT2D eigenvalue weighted by atomic mass is 10.2. The van der Waals surface area contributed by atoms with Crippen LogP contribution in [0.3, 0.4) is 0 Å². The molecular weight excluding hydrogens is 110 g/mol. The second-order valence-corrected chi connectivity index (χ2v) is 1.85. The van der Waals surface area contributed by atoms with Crippen molar-refractivity contribution in [2.45, 2.75) is 6.42 Å². The number of hydrogen-bond acceptors (Lipinski definition) is 1. The quantitative estimate of drug-likeness (QED) is 0.541. The molecule has 9 heavy (non-hydrogen) atoms. The maximum atomic E-state index is 3.96. The van der Waals surface area contributed by atoms with Crippen LogP contribution >= 0.6 is 0 Å². The van der Waals surface area contributed by atoms with Crippen LogP contribution in [0.25, 0.3) is 0 Å². The van der Waals surface area contributed by atoms with E-state index in [4.69, 9.17) is 0 Å². The van der Waals surface area contributed by atoms with Crippen molar-refractivity contribution < 1.29 is 0 Å². The lowest BCUT2D eigenvalue weighted by molar-refractivity contribution is 1.19. The van der Waals surface area contributed by atoms with Crippen LogP contribution in [0.1, 0.15) is 5.56 Å². The topological polar surface area (TPSA) is 12.9 Å². The first-order valence-electron chi connectivity index (χ1n) is 2.93. The van der Waals surface area contributed by atoms with Crippen LogP contribution in [0.4, 0.5) is 0 Å². The van der Waals surface area contributed by atoms with Gasteiger partial charge in [0.25, 0.3) is 0 Å². The summed E-state index contributed by atoms with van der Waals surface area (Å²) in [6.45, 7) is 3.63. The average molecular weight is 119 g/mol. The zero-order valence-corrected chi connectivity index (χ0v) is 5.25. The van der Waals surface area contributed by atoms with E-state index in [9.17, 15) is 0 Å². The molecule has 1 rings (SSSR count). The highest BCUT2D eigenvalue weighted by molar-refractivity contribution is 5.11. The Morgan fingerprint density at radius 2 is 2.56 bits per heavy atom. The van der Waals surface area contributed by atoms with Crippen LogP contribution in [0, 0.1) is 0 Å². The largest absolute Gasteiger partial charge is 0.264 e. The molecule has 0 unspecified atom stereocenters. The zero-order valence-electron chi connectivity index (χ0n) is 5.25. The van der Waals surface area contributed by atoms with Crippen molar-refractivity contribution in [1.29, 1.82) is 0 Å². The van der Waals surface area contributed by atoms with Gasteiger partial charge in [-0.05, 0) is 18.1 Å². The van der Waals surface area contributed by atoms with Crippen molar-refractivity contribution >= 4 is 0 Å². The first kappa shape index (κ1) is 6.02. The van der Waals surface area contributed by atoms with Gasteiger partial charge in [0.2, 0.25) is 0 Å². The van der Waals surface area contributed by atoms with Crippen LogP contribution < -0.4 is 0 Å². The lowest BCUT2D eigenvalue weighted by Crippen LogP contribution is -1.79.